The summed E-state index contributed by atoms with van der Waals surface area (Å²) in [6.07, 6.45) is 0. The van der Waals surface area contributed by atoms with Crippen molar-refractivity contribution in [2.45, 2.75) is 20.0 Å². The molecule has 0 bridgehead atoms. The minimum absolute atomic E-state index is 0. The summed E-state index contributed by atoms with van der Waals surface area (Å²) in [4.78, 5) is 7.86. The summed E-state index contributed by atoms with van der Waals surface area (Å²) in [5.74, 6) is 0.980. The molecule has 0 saturated heterocycles. The Hall–Kier alpha value is -1.55. The third-order valence-electron chi connectivity index (χ3n) is 3.18. The number of imidazole rings is 1. The number of aromatic amines is 1. The van der Waals surface area contributed by atoms with Gasteiger partial charge in [-0.15, -0.1) is 24.8 Å². The van der Waals surface area contributed by atoms with Crippen LogP contribution in [0.3, 0.4) is 0 Å². The second-order valence-electron chi connectivity index (χ2n) is 4.79. The van der Waals surface area contributed by atoms with Gasteiger partial charge in [0.05, 0.1) is 17.6 Å². The van der Waals surface area contributed by atoms with Crippen LogP contribution in [0.2, 0.25) is 0 Å². The first-order valence-electron chi connectivity index (χ1n) is 6.51. The minimum atomic E-state index is 0. The van der Waals surface area contributed by atoms with Gasteiger partial charge < -0.3 is 10.3 Å². The van der Waals surface area contributed by atoms with Gasteiger partial charge in [0, 0.05) is 6.54 Å². The number of aryl methyl sites for hydroxylation is 1. The normalized spacial score (nSPS) is 9.95. The maximum absolute atomic E-state index is 4.54. The fourth-order valence-corrected chi connectivity index (χ4v) is 2.12. The molecule has 1 aromatic heterocycles. The molecule has 3 nitrogen and oxygen atoms in total. The highest BCUT2D eigenvalue weighted by Crippen LogP contribution is 2.10. The lowest BCUT2D eigenvalue weighted by atomic mass is 10.1. The van der Waals surface area contributed by atoms with Crippen molar-refractivity contribution >= 4 is 35.8 Å². The van der Waals surface area contributed by atoms with Crippen LogP contribution in [0.15, 0.2) is 48.5 Å². The highest BCUT2D eigenvalue weighted by Gasteiger charge is 2.01. The summed E-state index contributed by atoms with van der Waals surface area (Å²) in [6.45, 7) is 3.71. The van der Waals surface area contributed by atoms with Crippen LogP contribution in [-0.2, 0) is 13.1 Å². The number of nitrogens with zero attached hydrogens (tertiary/aromatic N) is 1. The second kappa shape index (κ2) is 8.03. The smallest absolute Gasteiger partial charge is 0.121 e. The van der Waals surface area contributed by atoms with E-state index in [1.54, 1.807) is 0 Å². The van der Waals surface area contributed by atoms with Crippen molar-refractivity contribution < 1.29 is 0 Å². The maximum Gasteiger partial charge on any atom is 0.121 e. The van der Waals surface area contributed by atoms with Crippen LogP contribution >= 0.6 is 24.8 Å². The molecule has 0 aliphatic rings. The van der Waals surface area contributed by atoms with E-state index in [4.69, 9.17) is 0 Å². The second-order valence-corrected chi connectivity index (χ2v) is 4.79. The van der Waals surface area contributed by atoms with Crippen molar-refractivity contribution in [2.24, 2.45) is 0 Å². The number of H-pyrrole nitrogens is 1. The predicted molar refractivity (Wildman–Crippen MR) is 92.3 cm³/mol. The van der Waals surface area contributed by atoms with Crippen molar-refractivity contribution in [3.8, 4) is 0 Å². The highest BCUT2D eigenvalue weighted by atomic mass is 35.5. The Labute approximate surface area is 137 Å². The Bertz CT molecular complexity index is 644. The van der Waals surface area contributed by atoms with Gasteiger partial charge in [-0.3, -0.25) is 0 Å². The molecular formula is C16H19Cl2N3. The number of benzene rings is 2. The van der Waals surface area contributed by atoms with E-state index in [2.05, 4.69) is 46.5 Å². The van der Waals surface area contributed by atoms with Crippen LogP contribution in [0, 0.1) is 6.92 Å². The topological polar surface area (TPSA) is 40.7 Å². The molecule has 112 valence electrons. The Morgan fingerprint density at radius 3 is 2.38 bits per heavy atom. The SMILES string of the molecule is Cc1ccc(CNCc2nc3ccccc3[nH]2)cc1.Cl.Cl. The van der Waals surface area contributed by atoms with Crippen molar-refractivity contribution in [3.63, 3.8) is 0 Å². The van der Waals surface area contributed by atoms with E-state index in [9.17, 15) is 0 Å². The molecule has 0 saturated carbocycles. The van der Waals surface area contributed by atoms with Gasteiger partial charge in [0.2, 0.25) is 0 Å². The maximum atomic E-state index is 4.54. The molecule has 3 aromatic rings. The summed E-state index contributed by atoms with van der Waals surface area (Å²) < 4.78 is 0. The van der Waals surface area contributed by atoms with Crippen molar-refractivity contribution in [2.75, 3.05) is 0 Å². The molecule has 0 spiro atoms. The predicted octanol–water partition coefficient (Wildman–Crippen LogP) is 4.00. The third kappa shape index (κ3) is 4.46. The van der Waals surface area contributed by atoms with E-state index in [0.29, 0.717) is 0 Å². The first kappa shape index (κ1) is 17.5. The van der Waals surface area contributed by atoms with Gasteiger partial charge in [0.15, 0.2) is 0 Å². The Morgan fingerprint density at radius 2 is 1.67 bits per heavy atom. The summed E-state index contributed by atoms with van der Waals surface area (Å²) in [5.41, 5.74) is 4.70. The van der Waals surface area contributed by atoms with Gasteiger partial charge in [-0.2, -0.15) is 0 Å². The van der Waals surface area contributed by atoms with Crippen molar-refractivity contribution in [3.05, 3.63) is 65.5 Å². The lowest BCUT2D eigenvalue weighted by Gasteiger charge is -2.03. The van der Waals surface area contributed by atoms with Crippen LogP contribution in [0.4, 0.5) is 0 Å². The number of para-hydroxylation sites is 2. The molecule has 2 N–H and O–H groups in total. The number of halogens is 2. The first-order valence-corrected chi connectivity index (χ1v) is 6.51. The molecule has 0 aliphatic carbocycles. The van der Waals surface area contributed by atoms with Gasteiger partial charge >= 0.3 is 0 Å². The fourth-order valence-electron chi connectivity index (χ4n) is 2.12. The average molecular weight is 324 g/mol. The molecule has 0 amide bonds. The van der Waals surface area contributed by atoms with Gasteiger partial charge in [0.1, 0.15) is 5.82 Å². The molecule has 21 heavy (non-hydrogen) atoms. The number of hydrogen-bond donors (Lipinski definition) is 2. The average Bonchev–Trinajstić information content (AvgIpc) is 2.83. The monoisotopic (exact) mass is 323 g/mol. The molecule has 5 heteroatoms. The Balaban J connectivity index is 0.00000110. The van der Waals surface area contributed by atoms with E-state index in [1.807, 2.05) is 24.3 Å². The molecule has 0 radical (unpaired) electrons. The van der Waals surface area contributed by atoms with Crippen LogP contribution < -0.4 is 5.32 Å². The van der Waals surface area contributed by atoms with Crippen LogP contribution in [0.5, 0.6) is 0 Å². The van der Waals surface area contributed by atoms with Gasteiger partial charge in [-0.25, -0.2) is 4.98 Å². The highest BCUT2D eigenvalue weighted by molar-refractivity contribution is 5.85. The van der Waals surface area contributed by atoms with Gasteiger partial charge in [-0.05, 0) is 24.6 Å². The lowest BCUT2D eigenvalue weighted by Crippen LogP contribution is -2.13. The third-order valence-corrected chi connectivity index (χ3v) is 3.18. The summed E-state index contributed by atoms with van der Waals surface area (Å²) in [5, 5.41) is 3.40. The van der Waals surface area contributed by atoms with E-state index < -0.39 is 0 Å². The van der Waals surface area contributed by atoms with Crippen LogP contribution in [0.1, 0.15) is 17.0 Å². The van der Waals surface area contributed by atoms with Gasteiger partial charge in [-0.1, -0.05) is 42.0 Å². The first-order chi connectivity index (χ1) is 9.31. The number of fused-ring (bicyclic) bond motifs is 1. The fraction of sp³-hybridized carbons (Fsp3) is 0.188. The number of aromatic nitrogens is 2. The Kier molecular flexibility index (Phi) is 6.69. The zero-order valence-corrected chi connectivity index (χ0v) is 13.4. The van der Waals surface area contributed by atoms with E-state index >= 15 is 0 Å². The summed E-state index contributed by atoms with van der Waals surface area (Å²) >= 11 is 0. The molecule has 0 aliphatic heterocycles. The van der Waals surface area contributed by atoms with E-state index in [-0.39, 0.29) is 24.8 Å². The molecular weight excluding hydrogens is 305 g/mol. The van der Waals surface area contributed by atoms with Crippen LogP contribution in [-0.4, -0.2) is 9.97 Å². The molecule has 1 heterocycles. The quantitative estimate of drug-likeness (QED) is 0.761. The minimum Gasteiger partial charge on any atom is -0.341 e. The number of nitrogens with one attached hydrogen (secondary N) is 2. The molecule has 2 aromatic carbocycles. The number of rotatable bonds is 4. The van der Waals surface area contributed by atoms with E-state index in [1.165, 1.54) is 11.1 Å². The zero-order valence-electron chi connectivity index (χ0n) is 11.8. The van der Waals surface area contributed by atoms with Crippen molar-refractivity contribution in [1.29, 1.82) is 0 Å². The lowest BCUT2D eigenvalue weighted by molar-refractivity contribution is 0.670. The molecule has 0 fully saturated rings. The summed E-state index contributed by atoms with van der Waals surface area (Å²) in [7, 11) is 0. The Morgan fingerprint density at radius 1 is 0.952 bits per heavy atom. The zero-order chi connectivity index (χ0) is 13.1. The largest absolute Gasteiger partial charge is 0.341 e. The molecule has 0 unspecified atom stereocenters. The van der Waals surface area contributed by atoms with E-state index in [0.717, 1.165) is 29.9 Å². The molecule has 0 atom stereocenters. The molecule has 3 rings (SSSR count). The van der Waals surface area contributed by atoms with Crippen molar-refractivity contribution in [1.82, 2.24) is 15.3 Å². The van der Waals surface area contributed by atoms with Gasteiger partial charge in [0.25, 0.3) is 0 Å². The van der Waals surface area contributed by atoms with Crippen LogP contribution in [0.25, 0.3) is 11.0 Å². The standard InChI is InChI=1S/C16H17N3.2ClH/c1-12-6-8-13(9-7-12)10-17-11-16-18-14-4-2-3-5-15(14)19-16;;/h2-9,17H,10-11H2,1H3,(H,18,19);2*1H. The number of hydrogen-bond acceptors (Lipinski definition) is 2. The summed E-state index contributed by atoms with van der Waals surface area (Å²) in [6, 6.07) is 16.7.